The van der Waals surface area contributed by atoms with Crippen LogP contribution >= 0.6 is 11.3 Å². The number of hydrogen-bond donors (Lipinski definition) is 1. The molecule has 1 atom stereocenters. The number of fused-ring (bicyclic) bond motifs is 1. The molecule has 1 aliphatic rings. The molecule has 1 aliphatic heterocycles. The number of nitrogens with zero attached hydrogens (tertiary/aromatic N) is 5. The van der Waals surface area contributed by atoms with E-state index < -0.39 is 0 Å². The summed E-state index contributed by atoms with van der Waals surface area (Å²) in [7, 11) is 1.96. The van der Waals surface area contributed by atoms with Gasteiger partial charge < -0.3 is 10.2 Å². The number of azo groups is 1. The Morgan fingerprint density at radius 3 is 2.76 bits per heavy atom. The molecule has 0 saturated heterocycles. The minimum absolute atomic E-state index is 0.566. The van der Waals surface area contributed by atoms with Crippen LogP contribution in [0.15, 0.2) is 27.9 Å². The molecule has 7 heteroatoms. The van der Waals surface area contributed by atoms with E-state index in [4.69, 9.17) is 0 Å². The number of aromatic nitrogens is 2. The number of hydrogen-bond acceptors (Lipinski definition) is 7. The molecule has 134 valence electrons. The largest absolute Gasteiger partial charge is 0.386 e. The molecule has 0 aliphatic carbocycles. The van der Waals surface area contributed by atoms with E-state index in [0.717, 1.165) is 37.1 Å². The predicted molar refractivity (Wildman–Crippen MR) is 105 cm³/mol. The van der Waals surface area contributed by atoms with E-state index in [-0.39, 0.29) is 0 Å². The summed E-state index contributed by atoms with van der Waals surface area (Å²) >= 11 is 1.38. The molecule has 1 aromatic carbocycles. The fraction of sp³-hybridized carbons (Fsp3) is 0.556. The maximum atomic E-state index is 4.41. The molecule has 1 aromatic heterocycles. The van der Waals surface area contributed by atoms with Gasteiger partial charge in [-0.3, -0.25) is 0 Å². The molecule has 2 aromatic rings. The Morgan fingerprint density at radius 2 is 2.12 bits per heavy atom. The minimum Gasteiger partial charge on any atom is -0.386 e. The van der Waals surface area contributed by atoms with Crippen LogP contribution in [0.5, 0.6) is 0 Å². The first kappa shape index (κ1) is 17.8. The van der Waals surface area contributed by atoms with Gasteiger partial charge in [0.25, 0.3) is 5.13 Å². The summed E-state index contributed by atoms with van der Waals surface area (Å²) in [4.78, 5) is 2.60. The standard InChI is InChI=1S/C18H26N6S/c1-5-13(6-2)24-12(3)7-8-14-16(24)10-9-15(17(14)19-4)21-23-18-22-20-11-25-18/h9-13,19H,5-8H2,1-4H3. The highest BCUT2D eigenvalue weighted by Gasteiger charge is 2.29. The molecule has 0 bridgehead atoms. The van der Waals surface area contributed by atoms with Crippen molar-refractivity contribution in [3.63, 3.8) is 0 Å². The van der Waals surface area contributed by atoms with Crippen molar-refractivity contribution in [3.8, 4) is 0 Å². The van der Waals surface area contributed by atoms with Crippen molar-refractivity contribution >= 4 is 33.5 Å². The summed E-state index contributed by atoms with van der Waals surface area (Å²) in [6, 6.07) is 5.41. The van der Waals surface area contributed by atoms with Crippen LogP contribution in [0.4, 0.5) is 22.2 Å². The maximum absolute atomic E-state index is 4.41. The summed E-state index contributed by atoms with van der Waals surface area (Å²) in [6.07, 6.45) is 4.54. The summed E-state index contributed by atoms with van der Waals surface area (Å²) in [5.41, 5.74) is 6.28. The maximum Gasteiger partial charge on any atom is 0.251 e. The fourth-order valence-electron chi connectivity index (χ4n) is 3.76. The first-order chi connectivity index (χ1) is 12.2. The molecule has 25 heavy (non-hydrogen) atoms. The van der Waals surface area contributed by atoms with Gasteiger partial charge in [0.15, 0.2) is 0 Å². The number of rotatable bonds is 6. The Bertz CT molecular complexity index is 723. The quantitative estimate of drug-likeness (QED) is 0.709. The molecule has 3 rings (SSSR count). The van der Waals surface area contributed by atoms with Crippen LogP contribution in [0.3, 0.4) is 0 Å². The van der Waals surface area contributed by atoms with Crippen molar-refractivity contribution in [2.75, 3.05) is 17.3 Å². The molecule has 0 radical (unpaired) electrons. The van der Waals surface area contributed by atoms with Gasteiger partial charge in [0, 0.05) is 30.4 Å². The van der Waals surface area contributed by atoms with Gasteiger partial charge in [0.1, 0.15) is 11.2 Å². The van der Waals surface area contributed by atoms with E-state index in [9.17, 15) is 0 Å². The molecule has 2 heterocycles. The average Bonchev–Trinajstić information content (AvgIpc) is 3.15. The normalized spacial score (nSPS) is 17.3. The molecular weight excluding hydrogens is 332 g/mol. The van der Waals surface area contributed by atoms with Crippen molar-refractivity contribution in [1.29, 1.82) is 0 Å². The lowest BCUT2D eigenvalue weighted by atomic mass is 9.91. The van der Waals surface area contributed by atoms with Crippen LogP contribution in [0.2, 0.25) is 0 Å². The third-order valence-electron chi connectivity index (χ3n) is 5.01. The Kier molecular flexibility index (Phi) is 5.63. The molecule has 1 N–H and O–H groups in total. The summed E-state index contributed by atoms with van der Waals surface area (Å²) in [5.74, 6) is 0. The lowest BCUT2D eigenvalue weighted by Gasteiger charge is -2.43. The lowest BCUT2D eigenvalue weighted by Crippen LogP contribution is -2.44. The van der Waals surface area contributed by atoms with Crippen LogP contribution in [0.25, 0.3) is 0 Å². The first-order valence-electron chi connectivity index (χ1n) is 8.99. The number of benzene rings is 1. The molecule has 0 amide bonds. The Morgan fingerprint density at radius 1 is 1.32 bits per heavy atom. The van der Waals surface area contributed by atoms with Gasteiger partial charge in [0.05, 0.1) is 5.69 Å². The monoisotopic (exact) mass is 358 g/mol. The molecule has 1 unspecified atom stereocenters. The topological polar surface area (TPSA) is 65.8 Å². The van der Waals surface area contributed by atoms with E-state index >= 15 is 0 Å². The second-order valence-electron chi connectivity index (χ2n) is 6.39. The van der Waals surface area contributed by atoms with Crippen LogP contribution in [0.1, 0.15) is 45.6 Å². The first-order valence-corrected chi connectivity index (χ1v) is 9.87. The van der Waals surface area contributed by atoms with E-state index in [2.05, 4.69) is 63.5 Å². The Labute approximate surface area is 153 Å². The highest BCUT2D eigenvalue weighted by Crippen LogP contribution is 2.42. The van der Waals surface area contributed by atoms with Gasteiger partial charge in [0.2, 0.25) is 0 Å². The third kappa shape index (κ3) is 3.51. The molecule has 6 nitrogen and oxygen atoms in total. The van der Waals surface area contributed by atoms with Crippen LogP contribution < -0.4 is 10.2 Å². The second-order valence-corrected chi connectivity index (χ2v) is 7.21. The minimum atomic E-state index is 0.566. The van der Waals surface area contributed by atoms with Gasteiger partial charge in [-0.15, -0.1) is 20.4 Å². The summed E-state index contributed by atoms with van der Waals surface area (Å²) in [5, 5.41) is 20.3. The zero-order valence-electron chi connectivity index (χ0n) is 15.4. The molecular formula is C18H26N6S. The SMILES string of the molecule is CCC(CC)N1c2ccc(N=Nc3nncs3)c(NC)c2CCC1C. The van der Waals surface area contributed by atoms with Crippen molar-refractivity contribution in [3.05, 3.63) is 23.2 Å². The predicted octanol–water partition coefficient (Wildman–Crippen LogP) is 5.32. The zero-order chi connectivity index (χ0) is 17.8. The van der Waals surface area contributed by atoms with Gasteiger partial charge in [-0.1, -0.05) is 25.2 Å². The Balaban J connectivity index is 2.01. The summed E-state index contributed by atoms with van der Waals surface area (Å²) in [6.45, 7) is 6.89. The smallest absolute Gasteiger partial charge is 0.251 e. The van der Waals surface area contributed by atoms with Gasteiger partial charge in [-0.25, -0.2) is 0 Å². The fourth-order valence-corrected chi connectivity index (χ4v) is 4.13. The van der Waals surface area contributed by atoms with Crippen molar-refractivity contribution in [2.24, 2.45) is 10.2 Å². The number of anilines is 2. The van der Waals surface area contributed by atoms with Gasteiger partial charge in [-0.05, 0) is 44.7 Å². The van der Waals surface area contributed by atoms with E-state index in [1.807, 2.05) is 7.05 Å². The van der Waals surface area contributed by atoms with Crippen LogP contribution in [-0.4, -0.2) is 29.3 Å². The third-order valence-corrected chi connectivity index (χ3v) is 5.58. The van der Waals surface area contributed by atoms with Gasteiger partial charge >= 0.3 is 0 Å². The van der Waals surface area contributed by atoms with Crippen molar-refractivity contribution in [2.45, 2.75) is 58.5 Å². The highest BCUT2D eigenvalue weighted by molar-refractivity contribution is 7.13. The van der Waals surface area contributed by atoms with Crippen molar-refractivity contribution in [1.82, 2.24) is 10.2 Å². The van der Waals surface area contributed by atoms with E-state index in [0.29, 0.717) is 17.2 Å². The zero-order valence-corrected chi connectivity index (χ0v) is 16.2. The van der Waals surface area contributed by atoms with Crippen LogP contribution in [0, 0.1) is 0 Å². The van der Waals surface area contributed by atoms with E-state index in [1.54, 1.807) is 5.51 Å². The second kappa shape index (κ2) is 7.91. The molecule has 0 fully saturated rings. The van der Waals surface area contributed by atoms with E-state index in [1.165, 1.54) is 22.6 Å². The average molecular weight is 359 g/mol. The highest BCUT2D eigenvalue weighted by atomic mass is 32.1. The lowest BCUT2D eigenvalue weighted by molar-refractivity contribution is 0.465. The van der Waals surface area contributed by atoms with Crippen molar-refractivity contribution < 1.29 is 0 Å². The summed E-state index contributed by atoms with van der Waals surface area (Å²) < 4.78 is 0. The van der Waals surface area contributed by atoms with Crippen LogP contribution in [-0.2, 0) is 6.42 Å². The number of nitrogens with one attached hydrogen (secondary N) is 1. The van der Waals surface area contributed by atoms with Gasteiger partial charge in [-0.2, -0.15) is 0 Å². The molecule has 0 spiro atoms. The molecule has 0 saturated carbocycles. The Hall–Kier alpha value is -2.02.